The van der Waals surface area contributed by atoms with Crippen molar-refractivity contribution < 1.29 is 44.1 Å². The molecule has 31 heteroatoms. The molecular formula is C44H55Br3N16O11S. The highest BCUT2D eigenvalue weighted by Gasteiger charge is 2.20. The molecule has 0 bridgehead atoms. The number of carbonyl (C=O) groups is 6. The van der Waals surface area contributed by atoms with E-state index < -0.39 is 47.0 Å². The molecule has 2 amide bonds. The fourth-order valence-corrected chi connectivity index (χ4v) is 5.71. The number of nitrogens with two attached hydrogens (primary N) is 4. The highest BCUT2D eigenvalue weighted by atomic mass is 79.9. The zero-order valence-electron chi connectivity index (χ0n) is 39.9. The highest BCUT2D eigenvalue weighted by Crippen LogP contribution is 2.14. The number of hydrogen-bond acceptors (Lipinski definition) is 21. The number of nitrogens with zero attached hydrogens (tertiary/aromatic N) is 6. The Morgan fingerprint density at radius 2 is 1.16 bits per heavy atom. The molecule has 17 N–H and O–H groups in total. The Kier molecular flexibility index (Phi) is 29.3. The van der Waals surface area contributed by atoms with E-state index in [9.17, 15) is 43.5 Å². The average molecular weight is 1260 g/mol. The van der Waals surface area contributed by atoms with Crippen LogP contribution in [-0.2, 0) is 32.3 Å². The largest absolute Gasteiger partial charge is 0.480 e. The lowest BCUT2D eigenvalue weighted by Gasteiger charge is -2.15. The molecule has 0 fully saturated rings. The molecule has 6 rings (SSSR count). The van der Waals surface area contributed by atoms with E-state index in [1.165, 1.54) is 24.5 Å². The number of benzene rings is 2. The number of hydrogen-bond donors (Lipinski definition) is 14. The summed E-state index contributed by atoms with van der Waals surface area (Å²) in [5.74, 6) is -2.93. The molecule has 0 saturated carbocycles. The number of alkyl halides is 2. The Morgan fingerprint density at radius 1 is 0.707 bits per heavy atom. The van der Waals surface area contributed by atoms with Crippen molar-refractivity contribution in [2.45, 2.75) is 57.8 Å². The van der Waals surface area contributed by atoms with Crippen LogP contribution in [0.4, 0.5) is 23.3 Å². The molecule has 0 saturated heterocycles. The fraction of sp³-hybridized carbons (Fsp3) is 0.318. The van der Waals surface area contributed by atoms with Gasteiger partial charge in [-0.05, 0) is 102 Å². The molecule has 2 aromatic carbocycles. The average Bonchev–Trinajstić information content (AvgIpc) is 3.38. The van der Waals surface area contributed by atoms with E-state index in [4.69, 9.17) is 33.1 Å². The van der Waals surface area contributed by atoms with Crippen molar-refractivity contribution in [3.05, 3.63) is 104 Å². The first kappa shape index (κ1) is 63.9. The monoisotopic (exact) mass is 1250 g/mol. The summed E-state index contributed by atoms with van der Waals surface area (Å²) in [5.41, 5.74) is 23.7. The summed E-state index contributed by atoms with van der Waals surface area (Å²) in [6, 6.07) is 10.9. The summed E-state index contributed by atoms with van der Waals surface area (Å²) in [6.45, 7) is 3.37. The molecule has 2 atom stereocenters. The van der Waals surface area contributed by atoms with E-state index in [2.05, 4.69) is 122 Å². The van der Waals surface area contributed by atoms with Crippen LogP contribution in [0.2, 0.25) is 0 Å². The number of fused-ring (bicyclic) bond motifs is 2. The molecule has 2 unspecified atom stereocenters. The molecular weight excluding hydrogens is 1200 g/mol. The molecule has 0 aliphatic carbocycles. The molecule has 6 aromatic rings. The van der Waals surface area contributed by atoms with Gasteiger partial charge in [0.1, 0.15) is 12.1 Å². The molecule has 0 aliphatic rings. The normalized spacial score (nSPS) is 11.0. The van der Waals surface area contributed by atoms with Gasteiger partial charge < -0.3 is 59.5 Å². The molecule has 75 heavy (non-hydrogen) atoms. The lowest BCUT2D eigenvalue weighted by atomic mass is 10.1. The second kappa shape index (κ2) is 34.3. The number of thiol groups is 1. The molecule has 0 aliphatic heterocycles. The fourth-order valence-electron chi connectivity index (χ4n) is 5.51. The number of anilines is 4. The number of nitrogen functional groups attached to an aromatic ring is 2. The van der Waals surface area contributed by atoms with Gasteiger partial charge in [-0.1, -0.05) is 38.8 Å². The first-order valence-corrected chi connectivity index (χ1v) is 25.7. The maximum atomic E-state index is 12.5. The van der Waals surface area contributed by atoms with Gasteiger partial charge in [0.15, 0.2) is 22.3 Å². The van der Waals surface area contributed by atoms with E-state index in [0.717, 1.165) is 11.4 Å². The van der Waals surface area contributed by atoms with Crippen LogP contribution in [-0.4, -0.2) is 131 Å². The Labute approximate surface area is 457 Å². The lowest BCUT2D eigenvalue weighted by Crippen LogP contribution is -2.41. The minimum atomic E-state index is -1.16. The molecule has 4 aromatic heterocycles. The van der Waals surface area contributed by atoms with Gasteiger partial charge in [0.05, 0.1) is 53.1 Å². The van der Waals surface area contributed by atoms with Gasteiger partial charge in [-0.25, -0.2) is 29.5 Å². The number of halogens is 3. The zero-order valence-corrected chi connectivity index (χ0v) is 45.5. The summed E-state index contributed by atoms with van der Waals surface area (Å²) in [4.78, 5) is 119. The molecule has 0 spiro atoms. The van der Waals surface area contributed by atoms with E-state index >= 15 is 0 Å². The number of aromatic nitrogens is 8. The maximum absolute atomic E-state index is 12.5. The van der Waals surface area contributed by atoms with Crippen LogP contribution in [0.5, 0.6) is 0 Å². The third-order valence-electron chi connectivity index (χ3n) is 9.06. The smallest absolute Gasteiger partial charge is 0.335 e. The van der Waals surface area contributed by atoms with Gasteiger partial charge in [0, 0.05) is 23.5 Å². The van der Waals surface area contributed by atoms with Crippen LogP contribution in [0.25, 0.3) is 22.3 Å². The van der Waals surface area contributed by atoms with Gasteiger partial charge in [0.2, 0.25) is 22.5 Å². The van der Waals surface area contributed by atoms with Crippen molar-refractivity contribution in [2.24, 2.45) is 11.5 Å². The Balaban J connectivity index is 0.000000408. The predicted molar refractivity (Wildman–Crippen MR) is 295 cm³/mol. The Hall–Kier alpha value is -7.19. The number of carboxylic acid groups (broad SMARTS) is 3. The standard InChI is InChI=1S/C21H23BrN8O5.C14H12N6O3.C5H12N2O2.C2H2Br2O.C2H6S/c22-8-15(31)24-7-1-2-14(20(34)35)28-18(32)11-3-5-12(6-4-11)25-9-13-10-26-17-16(27-13)19(33)30-21(23)29-17;15-14-19-11-10(12(21)20-14)18-9(6-17-11)5-16-8-3-1-7(2-4-8)13(22)23;6-3-1-2-4(7)5(8)9;3-1-2(4)5;1-2-3/h3-6,10,14,25H,1-2,7-9H2,(H,24,31)(H,28,32)(H,34,35)(H3,23,26,29,30,33);1-4,6,16H,5H2,(H,22,23)(H3,15,17,19,20,21);4H,1-3,6-7H2,(H,8,9);1H2;3H,2H2,1H3. The van der Waals surface area contributed by atoms with Crippen LogP contribution in [0, 0.1) is 0 Å². The van der Waals surface area contributed by atoms with Gasteiger partial charge in [-0.2, -0.15) is 22.6 Å². The first-order valence-electron chi connectivity index (χ1n) is 22.0. The quantitative estimate of drug-likeness (QED) is 0.0226. The summed E-state index contributed by atoms with van der Waals surface area (Å²) >= 11 is 12.4. The summed E-state index contributed by atoms with van der Waals surface area (Å²) in [7, 11) is 0. The molecule has 0 radical (unpaired) electrons. The number of carbonyl (C=O) groups excluding carboxylic acids is 3. The number of H-pyrrole nitrogens is 2. The van der Waals surface area contributed by atoms with Crippen LogP contribution in [0.3, 0.4) is 0 Å². The number of aromatic carboxylic acids is 1. The van der Waals surface area contributed by atoms with E-state index in [1.807, 2.05) is 6.92 Å². The van der Waals surface area contributed by atoms with Crippen molar-refractivity contribution in [3.63, 3.8) is 0 Å². The molecule has 404 valence electrons. The second-order valence-electron chi connectivity index (χ2n) is 14.8. The minimum absolute atomic E-state index is 0.0128. The molecule has 27 nitrogen and oxygen atoms in total. The van der Waals surface area contributed by atoms with Crippen molar-refractivity contribution in [2.75, 3.05) is 51.6 Å². The lowest BCUT2D eigenvalue weighted by molar-refractivity contribution is -0.140. The number of aliphatic carboxylic acids is 2. The van der Waals surface area contributed by atoms with Gasteiger partial charge in [-0.15, -0.1) is 0 Å². The third-order valence-corrected chi connectivity index (χ3v) is 11.1. The highest BCUT2D eigenvalue weighted by molar-refractivity contribution is 9.19. The minimum Gasteiger partial charge on any atom is -0.480 e. The van der Waals surface area contributed by atoms with Crippen molar-refractivity contribution in [3.8, 4) is 0 Å². The number of rotatable bonds is 20. The molecule has 4 heterocycles. The summed E-state index contributed by atoms with van der Waals surface area (Å²) in [6.07, 6.45) is 4.67. The summed E-state index contributed by atoms with van der Waals surface area (Å²) < 4.78 is -0.0162. The number of amides is 2. The Morgan fingerprint density at radius 3 is 1.55 bits per heavy atom. The zero-order chi connectivity index (χ0) is 56.0. The predicted octanol–water partition coefficient (Wildman–Crippen LogP) is 2.36. The van der Waals surface area contributed by atoms with Crippen LogP contribution in [0.1, 0.15) is 64.7 Å². The van der Waals surface area contributed by atoms with Crippen LogP contribution < -0.4 is 55.3 Å². The van der Waals surface area contributed by atoms with Crippen LogP contribution in [0.15, 0.2) is 70.5 Å². The van der Waals surface area contributed by atoms with Gasteiger partial charge in [-0.3, -0.25) is 38.7 Å². The van der Waals surface area contributed by atoms with Crippen molar-refractivity contribution in [1.82, 2.24) is 50.5 Å². The first-order chi connectivity index (χ1) is 35.7. The topological polar surface area (TPSA) is 458 Å². The SMILES string of the molecule is CCS.NCCCC(N)C(=O)O.Nc1nc2ncc(CNc3ccc(C(=O)NC(CCCNC(=O)CBr)C(=O)O)cc3)nc2c(=O)[nH]1.Nc1nc2ncc(CNc3ccc(C(=O)O)cc3)nc2c(=O)[nH]1.O=C(Br)CBr. The maximum Gasteiger partial charge on any atom is 0.335 e. The number of carboxylic acids is 3. The van der Waals surface area contributed by atoms with E-state index in [0.29, 0.717) is 61.3 Å². The second-order valence-corrected chi connectivity index (χ2v) is 17.4. The summed E-state index contributed by atoms with van der Waals surface area (Å²) in [5, 5.41) is 38.3. The van der Waals surface area contributed by atoms with Gasteiger partial charge in [0.25, 0.3) is 17.0 Å². The van der Waals surface area contributed by atoms with Crippen LogP contribution >= 0.6 is 60.4 Å². The third kappa shape index (κ3) is 24.1. The Bertz CT molecular complexity index is 2960. The van der Waals surface area contributed by atoms with Crippen molar-refractivity contribution in [1.29, 1.82) is 0 Å². The van der Waals surface area contributed by atoms with E-state index in [-0.39, 0.29) is 74.2 Å². The van der Waals surface area contributed by atoms with E-state index in [1.54, 1.807) is 36.4 Å². The van der Waals surface area contributed by atoms with Crippen molar-refractivity contribution >= 4 is 140 Å². The number of aromatic amines is 2. The van der Waals surface area contributed by atoms with Gasteiger partial charge >= 0.3 is 17.9 Å². The number of nitrogens with one attached hydrogen (secondary N) is 6.